The first-order valence-corrected chi connectivity index (χ1v) is 18.1. The third kappa shape index (κ3) is 9.93. The lowest BCUT2D eigenvalue weighted by molar-refractivity contribution is -0.112. The number of anilines is 2. The first-order valence-electron chi connectivity index (χ1n) is 17.1. The van der Waals surface area contributed by atoms with Gasteiger partial charge in [-0.25, -0.2) is 4.98 Å². The first kappa shape index (κ1) is 35.2. The highest BCUT2D eigenvalue weighted by atomic mass is 32.2. The molecule has 1 atom stereocenters. The van der Waals surface area contributed by atoms with Gasteiger partial charge in [0.15, 0.2) is 0 Å². The Balaban J connectivity index is 1.25. The molecule has 0 aliphatic carbocycles. The standard InChI is InChI=1S/C38H48N6O3S/c1-5-7-19-46-20-21-47-34-12-8-30(9-13-34)32-23-31(37(39-24-32)43-18-16-28(3)25-43)22-29(4)38(45)41-33-10-14-35(15-11-33)48-26-36-42-40-27-44(36)17-6-2/h8-15,22-24,27-28H,5-7,16-21,25-26H2,1-4H3,(H,41,45)/b29-22+. The van der Waals surface area contributed by atoms with Crippen molar-refractivity contribution in [3.05, 3.63) is 84.1 Å². The monoisotopic (exact) mass is 668 g/mol. The van der Waals surface area contributed by atoms with Gasteiger partial charge in [-0.3, -0.25) is 4.79 Å². The van der Waals surface area contributed by atoms with Crippen LogP contribution >= 0.6 is 11.8 Å². The lowest BCUT2D eigenvalue weighted by atomic mass is 10.0. The molecule has 1 fully saturated rings. The van der Waals surface area contributed by atoms with E-state index < -0.39 is 0 Å². The van der Waals surface area contributed by atoms with E-state index in [1.54, 1.807) is 18.1 Å². The van der Waals surface area contributed by atoms with E-state index in [9.17, 15) is 4.79 Å². The van der Waals surface area contributed by atoms with Gasteiger partial charge in [-0.05, 0) is 86.2 Å². The Labute approximate surface area is 289 Å². The van der Waals surface area contributed by atoms with Crippen molar-refractivity contribution in [3.8, 4) is 16.9 Å². The van der Waals surface area contributed by atoms with Crippen LogP contribution < -0.4 is 15.0 Å². The molecule has 2 aromatic carbocycles. The van der Waals surface area contributed by atoms with Gasteiger partial charge < -0.3 is 24.3 Å². The Morgan fingerprint density at radius 1 is 1.04 bits per heavy atom. The molecule has 2 aromatic heterocycles. The molecule has 4 aromatic rings. The number of amides is 1. The van der Waals surface area contributed by atoms with Crippen molar-refractivity contribution in [2.75, 3.05) is 43.1 Å². The Morgan fingerprint density at radius 2 is 1.85 bits per heavy atom. The van der Waals surface area contributed by atoms with Crippen LogP contribution in [0.5, 0.6) is 5.75 Å². The molecule has 0 bridgehead atoms. The van der Waals surface area contributed by atoms with Gasteiger partial charge in [0.25, 0.3) is 5.91 Å². The zero-order chi connectivity index (χ0) is 33.7. The van der Waals surface area contributed by atoms with Crippen molar-refractivity contribution < 1.29 is 14.3 Å². The lowest BCUT2D eigenvalue weighted by Crippen LogP contribution is -2.21. The molecule has 5 rings (SSSR count). The fourth-order valence-corrected chi connectivity index (χ4v) is 6.42. The number of ether oxygens (including phenoxy) is 2. The van der Waals surface area contributed by atoms with Crippen LogP contribution in [0.4, 0.5) is 11.5 Å². The summed E-state index contributed by atoms with van der Waals surface area (Å²) in [5.41, 5.74) is 4.32. The molecule has 0 spiro atoms. The third-order valence-corrected chi connectivity index (χ3v) is 9.32. The molecule has 1 aliphatic heterocycles. The number of carbonyl (C=O) groups is 1. The molecule has 0 saturated carbocycles. The van der Waals surface area contributed by atoms with Crippen molar-refractivity contribution in [2.24, 2.45) is 5.92 Å². The second kappa shape index (κ2) is 17.8. The SMILES string of the molecule is CCCCOCCOc1ccc(-c2cnc(N3CCC(C)C3)c(/C=C(\C)C(=O)Nc3ccc(SCc4nncn4CCC)cc3)c2)cc1. The zero-order valence-electron chi connectivity index (χ0n) is 28.7. The summed E-state index contributed by atoms with van der Waals surface area (Å²) in [5, 5.41) is 11.4. The van der Waals surface area contributed by atoms with E-state index in [0.717, 1.165) is 102 Å². The van der Waals surface area contributed by atoms with Gasteiger partial charge in [-0.15, -0.1) is 22.0 Å². The Morgan fingerprint density at radius 3 is 2.58 bits per heavy atom. The molecule has 1 saturated heterocycles. The number of hydrogen-bond donors (Lipinski definition) is 1. The Hall–Kier alpha value is -4.15. The molecular formula is C38H48N6O3S. The molecule has 0 radical (unpaired) electrons. The summed E-state index contributed by atoms with van der Waals surface area (Å²) >= 11 is 1.70. The minimum Gasteiger partial charge on any atom is -0.491 e. The minimum atomic E-state index is -0.144. The van der Waals surface area contributed by atoms with Crippen LogP contribution in [0.3, 0.4) is 0 Å². The largest absolute Gasteiger partial charge is 0.491 e. The van der Waals surface area contributed by atoms with Crippen LogP contribution in [-0.4, -0.2) is 58.6 Å². The highest BCUT2D eigenvalue weighted by Gasteiger charge is 2.22. The maximum Gasteiger partial charge on any atom is 0.251 e. The van der Waals surface area contributed by atoms with E-state index >= 15 is 0 Å². The number of carbonyl (C=O) groups excluding carboxylic acids is 1. The van der Waals surface area contributed by atoms with Crippen LogP contribution in [0.1, 0.15) is 64.8 Å². The van der Waals surface area contributed by atoms with E-state index in [1.165, 1.54) is 0 Å². The third-order valence-electron chi connectivity index (χ3n) is 8.32. The number of thioether (sulfide) groups is 1. The smallest absolute Gasteiger partial charge is 0.251 e. The van der Waals surface area contributed by atoms with Crippen LogP contribution in [0, 0.1) is 5.92 Å². The maximum atomic E-state index is 13.4. The van der Waals surface area contributed by atoms with Crippen molar-refractivity contribution in [3.63, 3.8) is 0 Å². The molecule has 48 heavy (non-hydrogen) atoms. The normalized spacial score (nSPS) is 14.8. The number of hydrogen-bond acceptors (Lipinski definition) is 8. The van der Waals surface area contributed by atoms with Gasteiger partial charge in [0.2, 0.25) is 0 Å². The van der Waals surface area contributed by atoms with E-state index in [2.05, 4.69) is 51.8 Å². The average molecular weight is 669 g/mol. The number of unbranched alkanes of at least 4 members (excludes halogenated alkanes) is 1. The number of aromatic nitrogens is 4. The zero-order valence-corrected chi connectivity index (χ0v) is 29.5. The van der Waals surface area contributed by atoms with Gasteiger partial charge >= 0.3 is 0 Å². The number of pyridine rings is 1. The maximum absolute atomic E-state index is 13.4. The molecular weight excluding hydrogens is 621 g/mol. The van der Waals surface area contributed by atoms with Gasteiger partial charge in [0.1, 0.15) is 30.3 Å². The lowest BCUT2D eigenvalue weighted by Gasteiger charge is -2.20. The van der Waals surface area contributed by atoms with E-state index in [1.807, 2.05) is 67.7 Å². The van der Waals surface area contributed by atoms with Gasteiger partial charge in [-0.2, -0.15) is 0 Å². The van der Waals surface area contributed by atoms with Crippen molar-refractivity contribution in [1.29, 1.82) is 0 Å². The van der Waals surface area contributed by atoms with Crippen LogP contribution in [0.25, 0.3) is 17.2 Å². The van der Waals surface area contributed by atoms with Crippen LogP contribution in [0.2, 0.25) is 0 Å². The Bertz CT molecular complexity index is 1640. The summed E-state index contributed by atoms with van der Waals surface area (Å²) in [4.78, 5) is 21.7. The van der Waals surface area contributed by atoms with Gasteiger partial charge in [0.05, 0.1) is 12.4 Å². The molecule has 1 amide bonds. The molecule has 10 heteroatoms. The first-order chi connectivity index (χ1) is 23.4. The molecule has 1 aliphatic rings. The number of aryl methyl sites for hydroxylation is 1. The highest BCUT2D eigenvalue weighted by Crippen LogP contribution is 2.31. The topological polar surface area (TPSA) is 94.4 Å². The van der Waals surface area contributed by atoms with E-state index in [-0.39, 0.29) is 5.91 Å². The predicted octanol–water partition coefficient (Wildman–Crippen LogP) is 8.13. The summed E-state index contributed by atoms with van der Waals surface area (Å²) in [6.07, 6.45) is 10.0. The number of nitrogens with zero attached hydrogens (tertiary/aromatic N) is 5. The fraction of sp³-hybridized carbons (Fsp3) is 0.421. The van der Waals surface area contributed by atoms with Crippen LogP contribution in [0.15, 0.2) is 77.6 Å². The van der Waals surface area contributed by atoms with Crippen molar-refractivity contribution in [1.82, 2.24) is 19.7 Å². The minimum absolute atomic E-state index is 0.144. The van der Waals surface area contributed by atoms with E-state index in [0.29, 0.717) is 24.7 Å². The van der Waals surface area contributed by atoms with Gasteiger partial charge in [-0.1, -0.05) is 39.3 Å². The highest BCUT2D eigenvalue weighted by molar-refractivity contribution is 7.98. The van der Waals surface area contributed by atoms with E-state index in [4.69, 9.17) is 14.5 Å². The average Bonchev–Trinajstić information content (AvgIpc) is 3.74. The van der Waals surface area contributed by atoms with Gasteiger partial charge in [0, 0.05) is 59.7 Å². The number of rotatable bonds is 17. The molecule has 1 unspecified atom stereocenters. The van der Waals surface area contributed by atoms with Crippen LogP contribution in [-0.2, 0) is 21.8 Å². The molecule has 9 nitrogen and oxygen atoms in total. The summed E-state index contributed by atoms with van der Waals surface area (Å²) in [7, 11) is 0. The van der Waals surface area contributed by atoms with Crippen molar-refractivity contribution >= 4 is 35.3 Å². The molecule has 254 valence electrons. The summed E-state index contributed by atoms with van der Waals surface area (Å²) in [6, 6.07) is 18.1. The summed E-state index contributed by atoms with van der Waals surface area (Å²) in [6.45, 7) is 13.1. The second-order valence-electron chi connectivity index (χ2n) is 12.4. The Kier molecular flexibility index (Phi) is 13.1. The quantitative estimate of drug-likeness (QED) is 0.0685. The molecule has 1 N–H and O–H groups in total. The van der Waals surface area contributed by atoms with Crippen molar-refractivity contribution in [2.45, 2.75) is 70.6 Å². The summed E-state index contributed by atoms with van der Waals surface area (Å²) in [5.74, 6) is 3.89. The number of benzene rings is 2. The summed E-state index contributed by atoms with van der Waals surface area (Å²) < 4.78 is 13.6. The second-order valence-corrected chi connectivity index (χ2v) is 13.4. The molecule has 3 heterocycles. The fourth-order valence-electron chi connectivity index (χ4n) is 5.57. The predicted molar refractivity (Wildman–Crippen MR) is 195 cm³/mol. The number of nitrogens with one attached hydrogen (secondary N) is 1.